The van der Waals surface area contributed by atoms with Gasteiger partial charge in [-0.2, -0.15) is 0 Å². The third kappa shape index (κ3) is 6.25. The number of carbonyl (C=O) groups is 3. The molecule has 2 unspecified atom stereocenters. The number of aliphatic hydroxyl groups excluding tert-OH is 2. The zero-order valence-electron chi connectivity index (χ0n) is 17.9. The molecule has 2 rings (SSSR count). The highest BCUT2D eigenvalue weighted by atomic mass is 79.9. The van der Waals surface area contributed by atoms with Gasteiger partial charge in [0.1, 0.15) is 19.6 Å². The Morgan fingerprint density at radius 1 is 1.10 bits per heavy atom. The molecule has 1 aliphatic rings. The number of nitrogens with zero attached hydrogens (tertiary/aromatic N) is 2. The van der Waals surface area contributed by atoms with Crippen LogP contribution in [0.4, 0.5) is 0 Å². The number of carboxylic acid groups (broad SMARTS) is 1. The molecular formula is C21H30BrN2O7+. The second-order valence-electron chi connectivity index (χ2n) is 8.27. The van der Waals surface area contributed by atoms with E-state index in [0.717, 1.165) is 17.3 Å². The Morgan fingerprint density at radius 3 is 2.13 bits per heavy atom. The van der Waals surface area contributed by atoms with Gasteiger partial charge in [0.05, 0.1) is 6.04 Å². The largest absolute Gasteiger partial charge is 0.479 e. The number of hydroxylamine groups is 3. The smallest absolute Gasteiger partial charge is 0.398 e. The topological polar surface area (TPSA) is 124 Å². The maximum Gasteiger partial charge on any atom is 0.398 e. The van der Waals surface area contributed by atoms with E-state index in [1.54, 1.807) is 36.2 Å². The Balaban J connectivity index is 2.21. The zero-order chi connectivity index (χ0) is 23.3. The average Bonchev–Trinajstić information content (AvgIpc) is 3.18. The van der Waals surface area contributed by atoms with E-state index in [9.17, 15) is 24.6 Å². The first-order valence-electron chi connectivity index (χ1n) is 10.2. The predicted octanol–water partition coefficient (Wildman–Crippen LogP) is 1.42. The summed E-state index contributed by atoms with van der Waals surface area (Å²) in [5.74, 6) is -3.04. The lowest BCUT2D eigenvalue weighted by atomic mass is 10.0. The number of amides is 1. The maximum absolute atomic E-state index is 13.0. The van der Waals surface area contributed by atoms with Crippen molar-refractivity contribution in [3.63, 3.8) is 0 Å². The lowest BCUT2D eigenvalue weighted by molar-refractivity contribution is -1.08. The van der Waals surface area contributed by atoms with E-state index in [4.69, 9.17) is 9.94 Å². The summed E-state index contributed by atoms with van der Waals surface area (Å²) in [5, 5.41) is 28.2. The molecule has 3 atom stereocenters. The number of carboxylic acids is 1. The number of rotatable bonds is 9. The number of likely N-dealkylation sites (tertiary alicyclic amines) is 1. The second kappa shape index (κ2) is 10.5. The fraction of sp³-hybridized carbons (Fsp3) is 0.571. The molecule has 1 aliphatic heterocycles. The third-order valence-electron chi connectivity index (χ3n) is 5.66. The van der Waals surface area contributed by atoms with Crippen molar-refractivity contribution < 1.29 is 39.2 Å². The van der Waals surface area contributed by atoms with E-state index < -0.39 is 24.1 Å². The number of halogens is 1. The summed E-state index contributed by atoms with van der Waals surface area (Å²) in [5.41, 5.74) is 0.529. The molecule has 0 aliphatic carbocycles. The maximum atomic E-state index is 13.0. The SMILES string of the molecule is CC(C)[C@H](C[N+]1(OC(=O)C(O)C(O)C(=O)O)CCCC1)N(C)C(=O)c1ccc(Br)cc1. The highest BCUT2D eigenvalue weighted by Gasteiger charge is 2.45. The first kappa shape index (κ1) is 25.3. The number of quaternary nitrogens is 1. The van der Waals surface area contributed by atoms with Gasteiger partial charge in [-0.15, -0.1) is 4.65 Å². The molecule has 10 heteroatoms. The van der Waals surface area contributed by atoms with Gasteiger partial charge < -0.3 is 20.2 Å². The molecule has 172 valence electrons. The monoisotopic (exact) mass is 501 g/mol. The number of carbonyl (C=O) groups excluding carboxylic acids is 2. The quantitative estimate of drug-likeness (QED) is 0.437. The van der Waals surface area contributed by atoms with Crippen molar-refractivity contribution in [1.82, 2.24) is 4.90 Å². The summed E-state index contributed by atoms with van der Waals surface area (Å²) < 4.78 is 0.728. The van der Waals surface area contributed by atoms with E-state index in [2.05, 4.69) is 15.9 Å². The molecule has 0 radical (unpaired) electrons. The van der Waals surface area contributed by atoms with Gasteiger partial charge in [-0.25, -0.2) is 9.59 Å². The molecule has 0 spiro atoms. The molecule has 1 aromatic rings. The standard InChI is InChI=1S/C21H29BrN2O7/c1-13(2)16(23(3)19(27)14-6-8-15(22)9-7-14)12-24(10-4-5-11-24)31-21(30)18(26)17(25)20(28)29/h6-9,13,16-18,25-26H,4-5,10-12H2,1-3H3/p+1/t16-,17?,18?/m0/s1. The molecule has 0 bridgehead atoms. The minimum absolute atomic E-state index is 0.0354. The molecular weight excluding hydrogens is 472 g/mol. The molecule has 1 saturated heterocycles. The van der Waals surface area contributed by atoms with Gasteiger partial charge in [0.25, 0.3) is 5.91 Å². The van der Waals surface area contributed by atoms with Crippen LogP contribution in [0.2, 0.25) is 0 Å². The van der Waals surface area contributed by atoms with Crippen molar-refractivity contribution in [2.24, 2.45) is 5.92 Å². The summed E-state index contributed by atoms with van der Waals surface area (Å²) in [4.78, 5) is 43.4. The Kier molecular flexibility index (Phi) is 8.58. The molecule has 1 amide bonds. The molecule has 1 fully saturated rings. The van der Waals surface area contributed by atoms with Crippen LogP contribution in [0.3, 0.4) is 0 Å². The Hall–Kier alpha value is -2.01. The van der Waals surface area contributed by atoms with Crippen molar-refractivity contribution in [3.05, 3.63) is 34.3 Å². The normalized spacial score (nSPS) is 18.3. The van der Waals surface area contributed by atoms with E-state index in [-0.39, 0.29) is 29.1 Å². The summed E-state index contributed by atoms with van der Waals surface area (Å²) >= 11 is 3.35. The summed E-state index contributed by atoms with van der Waals surface area (Å²) in [7, 11) is 1.70. The van der Waals surface area contributed by atoms with E-state index in [1.165, 1.54) is 0 Å². The van der Waals surface area contributed by atoms with Crippen LogP contribution in [-0.2, 0) is 14.4 Å². The molecule has 9 nitrogen and oxygen atoms in total. The van der Waals surface area contributed by atoms with Gasteiger partial charge in [0, 0.05) is 29.9 Å². The lowest BCUT2D eigenvalue weighted by Gasteiger charge is -2.38. The molecule has 1 heterocycles. The van der Waals surface area contributed by atoms with Crippen LogP contribution in [0, 0.1) is 5.92 Å². The molecule has 0 aromatic heterocycles. The second-order valence-corrected chi connectivity index (χ2v) is 9.18. The summed E-state index contributed by atoms with van der Waals surface area (Å²) in [6.45, 7) is 5.18. The molecule has 3 N–H and O–H groups in total. The molecule has 31 heavy (non-hydrogen) atoms. The Bertz CT molecular complexity index is 793. The van der Waals surface area contributed by atoms with Crippen molar-refractivity contribution in [2.75, 3.05) is 26.7 Å². The number of hydrogen-bond donors (Lipinski definition) is 3. The van der Waals surface area contributed by atoms with Crippen molar-refractivity contribution in [1.29, 1.82) is 0 Å². The highest BCUT2D eigenvalue weighted by Crippen LogP contribution is 2.26. The van der Waals surface area contributed by atoms with Crippen molar-refractivity contribution >= 4 is 33.8 Å². The lowest BCUT2D eigenvalue weighted by Crippen LogP contribution is -2.58. The van der Waals surface area contributed by atoms with Crippen LogP contribution in [-0.4, -0.2) is 87.6 Å². The number of hydrogen-bond acceptors (Lipinski definition) is 6. The molecule has 1 aromatic carbocycles. The van der Waals surface area contributed by atoms with Crippen LogP contribution in [0.1, 0.15) is 37.0 Å². The van der Waals surface area contributed by atoms with Crippen LogP contribution >= 0.6 is 15.9 Å². The first-order chi connectivity index (χ1) is 14.5. The zero-order valence-corrected chi connectivity index (χ0v) is 19.5. The van der Waals surface area contributed by atoms with Crippen LogP contribution < -0.4 is 0 Å². The predicted molar refractivity (Wildman–Crippen MR) is 115 cm³/mol. The van der Waals surface area contributed by atoms with E-state index >= 15 is 0 Å². The van der Waals surface area contributed by atoms with Crippen LogP contribution in [0.5, 0.6) is 0 Å². The number of likely N-dealkylation sites (N-methyl/N-ethyl adjacent to an activating group) is 1. The Labute approximate surface area is 189 Å². The minimum atomic E-state index is -2.27. The van der Waals surface area contributed by atoms with Gasteiger partial charge in [0.15, 0.2) is 12.2 Å². The van der Waals surface area contributed by atoms with Crippen LogP contribution in [0.15, 0.2) is 28.7 Å². The van der Waals surface area contributed by atoms with Gasteiger partial charge in [0.2, 0.25) is 0 Å². The van der Waals surface area contributed by atoms with Gasteiger partial charge in [-0.1, -0.05) is 29.8 Å². The summed E-state index contributed by atoms with van der Waals surface area (Å²) in [6, 6.07) is 6.74. The van der Waals surface area contributed by atoms with Gasteiger partial charge >= 0.3 is 11.9 Å². The average molecular weight is 502 g/mol. The number of benzene rings is 1. The van der Waals surface area contributed by atoms with E-state index in [0.29, 0.717) is 18.7 Å². The fourth-order valence-electron chi connectivity index (χ4n) is 3.80. The number of aliphatic carboxylic acids is 1. The van der Waals surface area contributed by atoms with Gasteiger partial charge in [-0.05, 0) is 30.2 Å². The van der Waals surface area contributed by atoms with Crippen molar-refractivity contribution in [3.8, 4) is 0 Å². The third-order valence-corrected chi connectivity index (χ3v) is 6.19. The number of aliphatic hydroxyl groups is 2. The molecule has 0 saturated carbocycles. The van der Waals surface area contributed by atoms with Crippen molar-refractivity contribution in [2.45, 2.75) is 44.9 Å². The fourth-order valence-corrected chi connectivity index (χ4v) is 4.06. The minimum Gasteiger partial charge on any atom is -0.479 e. The highest BCUT2D eigenvalue weighted by molar-refractivity contribution is 9.10. The summed E-state index contributed by atoms with van der Waals surface area (Å²) in [6.07, 6.45) is -2.90. The van der Waals surface area contributed by atoms with Gasteiger partial charge in [-0.3, -0.25) is 9.63 Å². The van der Waals surface area contributed by atoms with E-state index in [1.807, 2.05) is 13.8 Å². The Morgan fingerprint density at radius 2 is 1.65 bits per heavy atom. The first-order valence-corrected chi connectivity index (χ1v) is 11.0. The van der Waals surface area contributed by atoms with Crippen LogP contribution in [0.25, 0.3) is 0 Å².